The van der Waals surface area contributed by atoms with Crippen molar-refractivity contribution in [1.82, 2.24) is 0 Å². The van der Waals surface area contributed by atoms with Crippen LogP contribution in [-0.4, -0.2) is 11.2 Å². The molecule has 4 atom stereocenters. The Hall–Kier alpha value is -1.59. The number of benzene rings is 1. The first kappa shape index (κ1) is 19.7. The Bertz CT molecular complexity index is 602. The normalized spacial score (nSPS) is 26.9. The van der Waals surface area contributed by atoms with Gasteiger partial charge in [-0.1, -0.05) is 77.0 Å². The highest BCUT2D eigenvalue weighted by molar-refractivity contribution is 5.32. The minimum absolute atomic E-state index is 0.0573. The zero-order valence-electron chi connectivity index (χ0n) is 16.2. The van der Waals surface area contributed by atoms with Gasteiger partial charge < -0.3 is 5.11 Å². The molecule has 0 aromatic heterocycles. The van der Waals surface area contributed by atoms with Crippen LogP contribution in [0.1, 0.15) is 76.8 Å². The summed E-state index contributed by atoms with van der Waals surface area (Å²) in [5.41, 5.74) is 2.60. The summed E-state index contributed by atoms with van der Waals surface area (Å²) in [4.78, 5) is 0. The Balaban J connectivity index is 2.17. The summed E-state index contributed by atoms with van der Waals surface area (Å²) in [6.07, 6.45) is 9.04. The number of nitrogens with zero attached hydrogens (tertiary/aromatic N) is 1. The van der Waals surface area contributed by atoms with Crippen molar-refractivity contribution < 1.29 is 5.11 Å². The Morgan fingerprint density at radius 2 is 1.88 bits per heavy atom. The molecule has 1 aromatic rings. The maximum Gasteiger partial charge on any atom is 0.0660 e. The summed E-state index contributed by atoms with van der Waals surface area (Å²) in [5.74, 6) is 0.214. The first-order valence-electron chi connectivity index (χ1n) is 9.71. The molecule has 2 unspecified atom stereocenters. The van der Waals surface area contributed by atoms with E-state index in [0.717, 1.165) is 12.8 Å². The third-order valence-electron chi connectivity index (χ3n) is 5.51. The van der Waals surface area contributed by atoms with E-state index in [1.54, 1.807) is 0 Å². The topological polar surface area (TPSA) is 44.0 Å². The van der Waals surface area contributed by atoms with Crippen LogP contribution in [0.4, 0.5) is 0 Å². The summed E-state index contributed by atoms with van der Waals surface area (Å²) in [5, 5.41) is 20.1. The number of unbranched alkanes of at least 4 members (excludes halogenated alkanes) is 2. The molecule has 2 heteroatoms. The summed E-state index contributed by atoms with van der Waals surface area (Å²) in [6.45, 7) is 8.83. The maximum atomic E-state index is 10.6. The van der Waals surface area contributed by atoms with Crippen molar-refractivity contribution in [3.05, 3.63) is 47.5 Å². The van der Waals surface area contributed by atoms with Gasteiger partial charge in [-0.3, -0.25) is 0 Å². The summed E-state index contributed by atoms with van der Waals surface area (Å²) < 4.78 is 0. The Morgan fingerprint density at radius 3 is 2.44 bits per heavy atom. The molecule has 2 nitrogen and oxygen atoms in total. The fourth-order valence-corrected chi connectivity index (χ4v) is 3.94. The predicted octanol–water partition coefficient (Wildman–Crippen LogP) is 5.72. The number of aliphatic hydroxyl groups is 1. The maximum absolute atomic E-state index is 10.6. The molecule has 1 N–H and O–H groups in total. The minimum atomic E-state index is -0.417. The zero-order chi connectivity index (χ0) is 18.4. The Labute approximate surface area is 153 Å². The smallest absolute Gasteiger partial charge is 0.0660 e. The number of rotatable bonds is 6. The van der Waals surface area contributed by atoms with Gasteiger partial charge in [0, 0.05) is 5.92 Å². The van der Waals surface area contributed by atoms with E-state index in [4.69, 9.17) is 0 Å². The monoisotopic (exact) mass is 339 g/mol. The number of nitriles is 1. The van der Waals surface area contributed by atoms with Gasteiger partial charge in [0.15, 0.2) is 0 Å². The average molecular weight is 340 g/mol. The lowest BCUT2D eigenvalue weighted by atomic mass is 9.80. The number of aliphatic hydroxyl groups excluding tert-OH is 1. The van der Waals surface area contributed by atoms with Gasteiger partial charge in [-0.25, -0.2) is 0 Å². The molecule has 1 aromatic carbocycles. The van der Waals surface area contributed by atoms with E-state index >= 15 is 0 Å². The molecule has 0 spiro atoms. The van der Waals surface area contributed by atoms with Gasteiger partial charge in [-0.05, 0) is 41.7 Å². The van der Waals surface area contributed by atoms with Crippen LogP contribution in [0.15, 0.2) is 36.4 Å². The molecule has 136 valence electrons. The highest BCUT2D eigenvalue weighted by Gasteiger charge is 2.42. The number of hydrogen-bond acceptors (Lipinski definition) is 2. The van der Waals surface area contributed by atoms with Gasteiger partial charge in [0.2, 0.25) is 0 Å². The first-order valence-corrected chi connectivity index (χ1v) is 9.71. The molecule has 0 heterocycles. The zero-order valence-corrected chi connectivity index (χ0v) is 16.2. The predicted molar refractivity (Wildman–Crippen MR) is 104 cm³/mol. The van der Waals surface area contributed by atoms with E-state index in [1.807, 2.05) is 0 Å². The van der Waals surface area contributed by atoms with Crippen LogP contribution in [0.2, 0.25) is 0 Å². The van der Waals surface area contributed by atoms with Crippen LogP contribution in [0.5, 0.6) is 0 Å². The molecular weight excluding hydrogens is 306 g/mol. The molecular formula is C23H33NO. The Morgan fingerprint density at radius 1 is 1.20 bits per heavy atom. The van der Waals surface area contributed by atoms with Crippen molar-refractivity contribution in [2.75, 3.05) is 0 Å². The Kier molecular flexibility index (Phi) is 6.85. The lowest BCUT2D eigenvalue weighted by Crippen LogP contribution is -2.18. The van der Waals surface area contributed by atoms with Crippen LogP contribution >= 0.6 is 0 Å². The number of hydrogen-bond donors (Lipinski definition) is 1. The third-order valence-corrected chi connectivity index (χ3v) is 5.51. The second-order valence-corrected chi connectivity index (χ2v) is 8.45. The molecule has 1 saturated carbocycles. The van der Waals surface area contributed by atoms with Crippen molar-refractivity contribution in [3.63, 3.8) is 0 Å². The second kappa shape index (κ2) is 8.68. The van der Waals surface area contributed by atoms with E-state index in [0.29, 0.717) is 6.42 Å². The number of allylic oxidation sites excluding steroid dienone is 2. The fourth-order valence-electron chi connectivity index (χ4n) is 3.94. The second-order valence-electron chi connectivity index (χ2n) is 8.45. The van der Waals surface area contributed by atoms with Crippen molar-refractivity contribution in [1.29, 1.82) is 5.26 Å². The largest absolute Gasteiger partial charge is 0.392 e. The summed E-state index contributed by atoms with van der Waals surface area (Å²) >= 11 is 0. The molecule has 1 aliphatic carbocycles. The van der Waals surface area contributed by atoms with Gasteiger partial charge in [0.05, 0.1) is 18.1 Å². The molecule has 1 fully saturated rings. The first-order chi connectivity index (χ1) is 11.9. The van der Waals surface area contributed by atoms with Crippen molar-refractivity contribution in [2.45, 2.75) is 77.2 Å². The molecule has 0 aliphatic heterocycles. The third kappa shape index (κ3) is 4.95. The van der Waals surface area contributed by atoms with E-state index in [1.165, 1.54) is 24.0 Å². The van der Waals surface area contributed by atoms with E-state index < -0.39 is 6.10 Å². The summed E-state index contributed by atoms with van der Waals surface area (Å²) in [6, 6.07) is 11.1. The van der Waals surface area contributed by atoms with Crippen LogP contribution in [0.25, 0.3) is 0 Å². The average Bonchev–Trinajstić information content (AvgIpc) is 2.89. The lowest BCUT2D eigenvalue weighted by Gasteiger charge is -2.25. The van der Waals surface area contributed by atoms with Crippen LogP contribution in [0, 0.1) is 23.2 Å². The van der Waals surface area contributed by atoms with Crippen LogP contribution in [0.3, 0.4) is 0 Å². The van der Waals surface area contributed by atoms with Gasteiger partial charge >= 0.3 is 0 Å². The molecule has 25 heavy (non-hydrogen) atoms. The minimum Gasteiger partial charge on any atom is -0.392 e. The molecule has 0 saturated heterocycles. The molecule has 0 bridgehead atoms. The van der Waals surface area contributed by atoms with Gasteiger partial charge in [0.25, 0.3) is 0 Å². The van der Waals surface area contributed by atoms with E-state index in [-0.39, 0.29) is 23.2 Å². The van der Waals surface area contributed by atoms with Crippen molar-refractivity contribution >= 4 is 0 Å². The van der Waals surface area contributed by atoms with Gasteiger partial charge in [0.1, 0.15) is 0 Å². The SMILES string of the molecule is CCCC/C=C\CC1C(c2ccc(C(C)(C)C)cc2)[C@H](O)C[C@H]1C#N. The fraction of sp³-hybridized carbons (Fsp3) is 0.609. The van der Waals surface area contributed by atoms with Crippen molar-refractivity contribution in [3.8, 4) is 6.07 Å². The molecule has 0 radical (unpaired) electrons. The summed E-state index contributed by atoms with van der Waals surface area (Å²) in [7, 11) is 0. The van der Waals surface area contributed by atoms with Crippen LogP contribution < -0.4 is 0 Å². The molecule has 0 amide bonds. The molecule has 1 aliphatic rings. The van der Waals surface area contributed by atoms with Gasteiger partial charge in [-0.2, -0.15) is 5.26 Å². The van der Waals surface area contributed by atoms with E-state index in [2.05, 4.69) is 70.2 Å². The highest BCUT2D eigenvalue weighted by Crippen LogP contribution is 2.45. The van der Waals surface area contributed by atoms with E-state index in [9.17, 15) is 10.4 Å². The van der Waals surface area contributed by atoms with Crippen LogP contribution in [-0.2, 0) is 5.41 Å². The highest BCUT2D eigenvalue weighted by atomic mass is 16.3. The standard InChI is InChI=1S/C23H33NO/c1-5-6-7-8-9-10-20-18(16-24)15-21(25)22(20)17-11-13-19(14-12-17)23(2,3)4/h8-9,11-14,18,20-22,25H,5-7,10,15H2,1-4H3/b9-8-/t18-,20?,21+,22?/m0/s1. The van der Waals surface area contributed by atoms with Gasteiger partial charge in [-0.15, -0.1) is 0 Å². The molecule has 2 rings (SSSR count). The lowest BCUT2D eigenvalue weighted by molar-refractivity contribution is 0.154. The quantitative estimate of drug-likeness (QED) is 0.531. The van der Waals surface area contributed by atoms with Crippen molar-refractivity contribution in [2.24, 2.45) is 11.8 Å².